The molecule has 0 bridgehead atoms. The van der Waals surface area contributed by atoms with Crippen LogP contribution >= 0.6 is 0 Å². The molecule has 1 aliphatic heterocycles. The third kappa shape index (κ3) is 3.47. The minimum absolute atomic E-state index is 0.311. The zero-order valence-electron chi connectivity index (χ0n) is 9.05. The topological polar surface area (TPSA) is 20.3 Å². The van der Waals surface area contributed by atoms with Gasteiger partial charge in [-0.15, -0.1) is 0 Å². The zero-order valence-corrected chi connectivity index (χ0v) is 9.05. The summed E-state index contributed by atoms with van der Waals surface area (Å²) in [6.45, 7) is 8.38. The van der Waals surface area contributed by atoms with E-state index in [1.54, 1.807) is 6.92 Å². The summed E-state index contributed by atoms with van der Waals surface area (Å²) in [5.74, 6) is 1.12. The summed E-state index contributed by atoms with van der Waals surface area (Å²) in [7, 11) is 0. The first-order valence-electron chi connectivity index (χ1n) is 5.33. The number of Topliss-reactive ketones (excluding diaryl/α,β-unsaturated/α-hetero) is 1. The van der Waals surface area contributed by atoms with E-state index in [1.807, 2.05) is 0 Å². The number of rotatable bonds is 3. The minimum Gasteiger partial charge on any atom is -0.300 e. The Bertz CT molecular complexity index is 179. The van der Waals surface area contributed by atoms with Gasteiger partial charge in [-0.05, 0) is 32.6 Å². The van der Waals surface area contributed by atoms with Crippen molar-refractivity contribution < 1.29 is 4.79 Å². The maximum atomic E-state index is 10.8. The third-order valence-corrected chi connectivity index (χ3v) is 3.00. The Balaban J connectivity index is 2.33. The lowest BCUT2D eigenvalue weighted by Gasteiger charge is -2.36. The molecule has 2 heteroatoms. The molecule has 0 saturated carbocycles. The average molecular weight is 183 g/mol. The lowest BCUT2D eigenvalue weighted by Crippen LogP contribution is -2.41. The van der Waals surface area contributed by atoms with Gasteiger partial charge < -0.3 is 0 Å². The molecule has 76 valence electrons. The molecule has 13 heavy (non-hydrogen) atoms. The fraction of sp³-hybridized carbons (Fsp3) is 0.909. The molecule has 1 fully saturated rings. The van der Waals surface area contributed by atoms with Crippen molar-refractivity contribution in [3.05, 3.63) is 0 Å². The number of ketones is 1. The second-order valence-corrected chi connectivity index (χ2v) is 4.48. The number of hydrogen-bond acceptors (Lipinski definition) is 2. The molecule has 0 aromatic heterocycles. The summed E-state index contributed by atoms with van der Waals surface area (Å²) in [5, 5.41) is 0. The summed E-state index contributed by atoms with van der Waals surface area (Å²) in [6, 6.07) is 0.676. The van der Waals surface area contributed by atoms with Crippen LogP contribution in [-0.4, -0.2) is 29.8 Å². The first-order chi connectivity index (χ1) is 6.09. The fourth-order valence-electron chi connectivity index (χ4n) is 1.99. The Morgan fingerprint density at radius 2 is 2.08 bits per heavy atom. The number of likely N-dealkylation sites (tertiary alicyclic amines) is 1. The van der Waals surface area contributed by atoms with E-state index in [0.717, 1.165) is 18.9 Å². The van der Waals surface area contributed by atoms with E-state index in [2.05, 4.69) is 18.7 Å². The van der Waals surface area contributed by atoms with Gasteiger partial charge in [0.15, 0.2) is 0 Å². The van der Waals surface area contributed by atoms with Crippen LogP contribution in [0, 0.1) is 5.92 Å². The Morgan fingerprint density at radius 1 is 1.38 bits per heavy atom. The monoisotopic (exact) mass is 183 g/mol. The quantitative estimate of drug-likeness (QED) is 0.667. The van der Waals surface area contributed by atoms with Crippen LogP contribution in [-0.2, 0) is 4.79 Å². The molecule has 0 aromatic rings. The van der Waals surface area contributed by atoms with Crippen LogP contribution in [0.3, 0.4) is 0 Å². The van der Waals surface area contributed by atoms with Crippen LogP contribution in [0.5, 0.6) is 0 Å². The van der Waals surface area contributed by atoms with Crippen molar-refractivity contribution in [1.82, 2.24) is 4.90 Å². The van der Waals surface area contributed by atoms with Crippen LogP contribution in [0.4, 0.5) is 0 Å². The van der Waals surface area contributed by atoms with Crippen LogP contribution in [0.15, 0.2) is 0 Å². The van der Waals surface area contributed by atoms with Crippen LogP contribution < -0.4 is 0 Å². The Morgan fingerprint density at radius 3 is 2.69 bits per heavy atom. The van der Waals surface area contributed by atoms with Crippen molar-refractivity contribution in [2.45, 2.75) is 46.1 Å². The predicted octanol–water partition coefficient (Wildman–Crippen LogP) is 2.09. The van der Waals surface area contributed by atoms with Gasteiger partial charge in [-0.25, -0.2) is 0 Å². The highest BCUT2D eigenvalue weighted by Crippen LogP contribution is 2.21. The molecule has 0 N–H and O–H groups in total. The van der Waals surface area contributed by atoms with E-state index in [1.165, 1.54) is 19.4 Å². The van der Waals surface area contributed by atoms with Crippen molar-refractivity contribution in [2.75, 3.05) is 13.1 Å². The number of piperidine rings is 1. The summed E-state index contributed by atoms with van der Waals surface area (Å²) in [6.07, 6.45) is 3.36. The number of hydrogen-bond donors (Lipinski definition) is 0. The number of carbonyl (C=O) groups is 1. The van der Waals surface area contributed by atoms with E-state index >= 15 is 0 Å². The van der Waals surface area contributed by atoms with E-state index in [0.29, 0.717) is 11.8 Å². The summed E-state index contributed by atoms with van der Waals surface area (Å²) >= 11 is 0. The average Bonchev–Trinajstić information content (AvgIpc) is 2.06. The highest BCUT2D eigenvalue weighted by molar-refractivity contribution is 5.75. The Labute approximate surface area is 81.3 Å². The normalized spacial score (nSPS) is 30.4. The van der Waals surface area contributed by atoms with Crippen molar-refractivity contribution in [2.24, 2.45) is 5.92 Å². The highest BCUT2D eigenvalue weighted by atomic mass is 16.1. The second-order valence-electron chi connectivity index (χ2n) is 4.48. The van der Waals surface area contributed by atoms with Gasteiger partial charge in [0.1, 0.15) is 5.78 Å². The van der Waals surface area contributed by atoms with Gasteiger partial charge >= 0.3 is 0 Å². The lowest BCUT2D eigenvalue weighted by atomic mass is 9.95. The first-order valence-corrected chi connectivity index (χ1v) is 5.33. The highest BCUT2D eigenvalue weighted by Gasteiger charge is 2.22. The molecular formula is C11H21NO. The molecule has 2 unspecified atom stereocenters. The van der Waals surface area contributed by atoms with E-state index in [4.69, 9.17) is 0 Å². The van der Waals surface area contributed by atoms with Crippen molar-refractivity contribution in [1.29, 1.82) is 0 Å². The van der Waals surface area contributed by atoms with Crippen molar-refractivity contribution >= 4 is 5.78 Å². The molecule has 0 aromatic carbocycles. The van der Waals surface area contributed by atoms with Crippen LogP contribution in [0.1, 0.15) is 40.0 Å². The standard InChI is InChI=1S/C11H21NO/c1-9-4-5-10(2)12(8-9)7-6-11(3)13/h9-10H,4-8H2,1-3H3. The molecule has 2 nitrogen and oxygen atoms in total. The molecule has 2 atom stereocenters. The van der Waals surface area contributed by atoms with Gasteiger partial charge in [0.05, 0.1) is 0 Å². The molecule has 1 rings (SSSR count). The van der Waals surface area contributed by atoms with Gasteiger partial charge in [0, 0.05) is 25.6 Å². The minimum atomic E-state index is 0.311. The van der Waals surface area contributed by atoms with E-state index in [-0.39, 0.29) is 0 Å². The van der Waals surface area contributed by atoms with Gasteiger partial charge in [0.25, 0.3) is 0 Å². The summed E-state index contributed by atoms with van der Waals surface area (Å²) < 4.78 is 0. The Hall–Kier alpha value is -0.370. The molecule has 1 heterocycles. The van der Waals surface area contributed by atoms with Crippen molar-refractivity contribution in [3.63, 3.8) is 0 Å². The number of nitrogens with zero attached hydrogens (tertiary/aromatic N) is 1. The predicted molar refractivity (Wildman–Crippen MR) is 54.7 cm³/mol. The van der Waals surface area contributed by atoms with Crippen molar-refractivity contribution in [3.8, 4) is 0 Å². The first kappa shape index (κ1) is 10.7. The SMILES string of the molecule is CC(=O)CCN1CC(C)CCC1C. The van der Waals surface area contributed by atoms with Gasteiger partial charge in [-0.1, -0.05) is 6.92 Å². The molecule has 0 spiro atoms. The molecule has 1 aliphatic rings. The zero-order chi connectivity index (χ0) is 9.84. The van der Waals surface area contributed by atoms with Gasteiger partial charge in [-0.3, -0.25) is 9.69 Å². The molecule has 1 saturated heterocycles. The van der Waals surface area contributed by atoms with Crippen LogP contribution in [0.2, 0.25) is 0 Å². The maximum Gasteiger partial charge on any atom is 0.131 e. The van der Waals surface area contributed by atoms with E-state index < -0.39 is 0 Å². The Kier molecular flexibility index (Phi) is 3.91. The summed E-state index contributed by atoms with van der Waals surface area (Å²) in [4.78, 5) is 13.3. The largest absolute Gasteiger partial charge is 0.300 e. The summed E-state index contributed by atoms with van der Waals surface area (Å²) in [5.41, 5.74) is 0. The fourth-order valence-corrected chi connectivity index (χ4v) is 1.99. The maximum absolute atomic E-state index is 10.8. The smallest absolute Gasteiger partial charge is 0.131 e. The van der Waals surface area contributed by atoms with E-state index in [9.17, 15) is 4.79 Å². The molecule has 0 radical (unpaired) electrons. The molecular weight excluding hydrogens is 162 g/mol. The van der Waals surface area contributed by atoms with Crippen LogP contribution in [0.25, 0.3) is 0 Å². The third-order valence-electron chi connectivity index (χ3n) is 3.00. The number of carbonyl (C=O) groups excluding carboxylic acids is 1. The van der Waals surface area contributed by atoms with Gasteiger partial charge in [-0.2, -0.15) is 0 Å². The van der Waals surface area contributed by atoms with Gasteiger partial charge in [0.2, 0.25) is 0 Å². The molecule has 0 aliphatic carbocycles. The molecule has 0 amide bonds. The second kappa shape index (κ2) is 4.75. The lowest BCUT2D eigenvalue weighted by molar-refractivity contribution is -0.117.